The summed E-state index contributed by atoms with van der Waals surface area (Å²) in [5.74, 6) is 0.153. The third-order valence-electron chi connectivity index (χ3n) is 2.00. The van der Waals surface area contributed by atoms with E-state index in [0.717, 1.165) is 39.4 Å². The molecule has 1 saturated heterocycles. The molecule has 0 aromatic carbocycles. The summed E-state index contributed by atoms with van der Waals surface area (Å²) in [7, 11) is -0.138. The lowest BCUT2D eigenvalue weighted by atomic mass is 10.4. The highest BCUT2D eigenvalue weighted by Crippen LogP contribution is 1.91. The summed E-state index contributed by atoms with van der Waals surface area (Å²) < 4.78 is 10.5. The molecule has 0 radical (unpaired) electrons. The first-order valence-corrected chi connectivity index (χ1v) is 8.22. The second-order valence-electron chi connectivity index (χ2n) is 3.25. The first kappa shape index (κ1) is 15.1. The highest BCUT2D eigenvalue weighted by molar-refractivity contribution is 6.34. The summed E-state index contributed by atoms with van der Waals surface area (Å²) in [6.07, 6.45) is 0. The Morgan fingerprint density at radius 1 is 1.00 bits per heavy atom. The van der Waals surface area contributed by atoms with Crippen LogP contribution in [0.1, 0.15) is 13.8 Å². The smallest absolute Gasteiger partial charge is 0.134 e. The van der Waals surface area contributed by atoms with Gasteiger partial charge in [0.15, 0.2) is 0 Å². The molecule has 92 valence electrons. The van der Waals surface area contributed by atoms with E-state index < -0.39 is 0 Å². The van der Waals surface area contributed by atoms with Crippen LogP contribution in [0.25, 0.3) is 0 Å². The van der Waals surface area contributed by atoms with E-state index in [0.29, 0.717) is 0 Å². The van der Waals surface area contributed by atoms with Gasteiger partial charge in [-0.3, -0.25) is 0 Å². The first-order chi connectivity index (χ1) is 7.35. The summed E-state index contributed by atoms with van der Waals surface area (Å²) >= 11 is 0. The largest absolute Gasteiger partial charge is 0.357 e. The van der Waals surface area contributed by atoms with Crippen LogP contribution in [-0.4, -0.2) is 54.8 Å². The lowest BCUT2D eigenvalue weighted by Gasteiger charge is -2.13. The average Bonchev–Trinajstić information content (AvgIpc) is 2.32. The fourth-order valence-corrected chi connectivity index (χ4v) is 2.20. The predicted octanol–water partition coefficient (Wildman–Crippen LogP) is -0.261. The summed E-state index contributed by atoms with van der Waals surface area (Å²) in [5, 5.41) is 6.44. The van der Waals surface area contributed by atoms with Gasteiger partial charge in [-0.05, 0) is 13.8 Å². The second kappa shape index (κ2) is 12.1. The Balaban J connectivity index is 0.000000280. The number of nitrogens with one attached hydrogen (secondary N) is 2. The minimum atomic E-state index is -0.138. The minimum absolute atomic E-state index is 0.138. The summed E-state index contributed by atoms with van der Waals surface area (Å²) in [5.41, 5.74) is 0. The third-order valence-corrected chi connectivity index (χ3v) is 3.13. The fraction of sp³-hybridized carbons (Fsp3) is 1.00. The zero-order valence-electron chi connectivity index (χ0n) is 10.3. The van der Waals surface area contributed by atoms with Gasteiger partial charge in [0.1, 0.15) is 5.91 Å². The summed E-state index contributed by atoms with van der Waals surface area (Å²) in [4.78, 5) is 0. The van der Waals surface area contributed by atoms with Crippen molar-refractivity contribution in [3.8, 4) is 0 Å². The van der Waals surface area contributed by atoms with Crippen LogP contribution >= 0.6 is 0 Å². The van der Waals surface area contributed by atoms with Gasteiger partial charge in [0.05, 0.1) is 9.52 Å². The van der Waals surface area contributed by atoms with Gasteiger partial charge in [-0.1, -0.05) is 6.55 Å². The fourth-order valence-electron chi connectivity index (χ4n) is 1.26. The maximum Gasteiger partial charge on any atom is 0.134 e. The van der Waals surface area contributed by atoms with Crippen molar-refractivity contribution in [2.75, 3.05) is 39.4 Å². The highest BCUT2D eigenvalue weighted by Gasteiger charge is 2.01. The molecule has 1 rings (SSSR count). The number of rotatable bonds is 5. The monoisotopic (exact) mass is 234 g/mol. The van der Waals surface area contributed by atoms with Crippen molar-refractivity contribution in [1.29, 1.82) is 0 Å². The molecular formula is C10H26N2O2Si. The van der Waals surface area contributed by atoms with E-state index in [1.165, 1.54) is 0 Å². The molecule has 4 nitrogen and oxygen atoms in total. The normalized spacial score (nSPS) is 16.8. The summed E-state index contributed by atoms with van der Waals surface area (Å²) in [6, 6.07) is 0. The van der Waals surface area contributed by atoms with Crippen molar-refractivity contribution in [3.63, 3.8) is 0 Å². The molecule has 0 aromatic heterocycles. The van der Waals surface area contributed by atoms with Crippen molar-refractivity contribution < 1.29 is 9.47 Å². The maximum absolute atomic E-state index is 5.27. The van der Waals surface area contributed by atoms with Crippen LogP contribution in [0, 0.1) is 0 Å². The van der Waals surface area contributed by atoms with Gasteiger partial charge < -0.3 is 20.1 Å². The zero-order valence-corrected chi connectivity index (χ0v) is 11.8. The van der Waals surface area contributed by atoms with E-state index in [-0.39, 0.29) is 15.4 Å². The van der Waals surface area contributed by atoms with Crippen molar-refractivity contribution in [1.82, 2.24) is 10.6 Å². The molecule has 0 aliphatic carbocycles. The lowest BCUT2D eigenvalue weighted by molar-refractivity contribution is -0.0823. The maximum atomic E-state index is 5.27. The molecular weight excluding hydrogens is 208 g/mol. The van der Waals surface area contributed by atoms with Gasteiger partial charge in [0, 0.05) is 39.4 Å². The van der Waals surface area contributed by atoms with Crippen LogP contribution in [0.2, 0.25) is 6.55 Å². The Kier molecular flexibility index (Phi) is 12.2. The molecule has 0 unspecified atom stereocenters. The molecule has 0 amide bonds. The quantitative estimate of drug-likeness (QED) is 0.508. The molecule has 1 aliphatic rings. The first-order valence-electron chi connectivity index (χ1n) is 5.99. The predicted molar refractivity (Wildman–Crippen MR) is 67.2 cm³/mol. The number of hydrogen-bond donors (Lipinski definition) is 2. The molecule has 1 fully saturated rings. The highest BCUT2D eigenvalue weighted by atomic mass is 28.2. The zero-order chi connectivity index (χ0) is 11.4. The van der Waals surface area contributed by atoms with E-state index in [4.69, 9.17) is 9.47 Å². The van der Waals surface area contributed by atoms with Crippen molar-refractivity contribution in [3.05, 3.63) is 0 Å². The van der Waals surface area contributed by atoms with Crippen molar-refractivity contribution in [2.45, 2.75) is 26.3 Å². The molecule has 1 aliphatic heterocycles. The number of piperazine rings is 1. The molecule has 0 aromatic rings. The molecule has 0 saturated carbocycles. The Labute approximate surface area is 95.9 Å². The lowest BCUT2D eigenvalue weighted by Crippen LogP contribution is -2.39. The van der Waals surface area contributed by atoms with Crippen LogP contribution < -0.4 is 10.6 Å². The molecule has 15 heavy (non-hydrogen) atoms. The number of ether oxygens (including phenoxy) is 2. The van der Waals surface area contributed by atoms with E-state index in [1.807, 2.05) is 13.8 Å². The van der Waals surface area contributed by atoms with Crippen LogP contribution in [0.5, 0.6) is 0 Å². The molecule has 1 heterocycles. The van der Waals surface area contributed by atoms with E-state index in [9.17, 15) is 0 Å². The standard InChI is InChI=1S/C6H16O2Si.C4H10N2/c1-4-7-6(9-3)8-5-2;1-2-6-4-3-5-1/h6H,4-5,9H2,1-3H3;5-6H,1-4H2. The van der Waals surface area contributed by atoms with Gasteiger partial charge in [-0.15, -0.1) is 0 Å². The van der Waals surface area contributed by atoms with E-state index >= 15 is 0 Å². The molecule has 0 bridgehead atoms. The van der Waals surface area contributed by atoms with Crippen LogP contribution in [-0.2, 0) is 9.47 Å². The molecule has 0 spiro atoms. The van der Waals surface area contributed by atoms with Crippen molar-refractivity contribution >= 4 is 9.52 Å². The topological polar surface area (TPSA) is 42.5 Å². The van der Waals surface area contributed by atoms with E-state index in [1.54, 1.807) is 0 Å². The average molecular weight is 234 g/mol. The van der Waals surface area contributed by atoms with Crippen LogP contribution in [0.15, 0.2) is 0 Å². The molecule has 0 atom stereocenters. The van der Waals surface area contributed by atoms with Gasteiger partial charge >= 0.3 is 0 Å². The van der Waals surface area contributed by atoms with Gasteiger partial charge in [-0.2, -0.15) is 0 Å². The Bertz CT molecular complexity index is 106. The summed E-state index contributed by atoms with van der Waals surface area (Å²) in [6.45, 7) is 12.3. The van der Waals surface area contributed by atoms with E-state index in [2.05, 4.69) is 17.2 Å². The third kappa shape index (κ3) is 10.3. The Hall–Kier alpha value is 0.0569. The SMILES string of the molecule is C1CNCCN1.CCOC(OCC)[SiH2]C. The van der Waals surface area contributed by atoms with Gasteiger partial charge in [0.2, 0.25) is 0 Å². The minimum Gasteiger partial charge on any atom is -0.357 e. The Morgan fingerprint density at radius 2 is 1.40 bits per heavy atom. The second-order valence-corrected chi connectivity index (χ2v) is 4.73. The van der Waals surface area contributed by atoms with Crippen molar-refractivity contribution in [2.24, 2.45) is 0 Å². The van der Waals surface area contributed by atoms with Gasteiger partial charge in [0.25, 0.3) is 0 Å². The van der Waals surface area contributed by atoms with Gasteiger partial charge in [-0.25, -0.2) is 0 Å². The molecule has 2 N–H and O–H groups in total. The Morgan fingerprint density at radius 3 is 1.60 bits per heavy atom. The number of hydrogen-bond acceptors (Lipinski definition) is 4. The van der Waals surface area contributed by atoms with Crippen LogP contribution in [0.3, 0.4) is 0 Å². The van der Waals surface area contributed by atoms with Crippen LogP contribution in [0.4, 0.5) is 0 Å². The molecule has 5 heteroatoms.